The smallest absolute Gasteiger partial charge is 0.272 e. The molecular weight excluding hydrogens is 530 g/mol. The molecule has 0 spiro atoms. The van der Waals surface area contributed by atoms with Crippen molar-refractivity contribution in [3.8, 4) is 22.7 Å². The van der Waals surface area contributed by atoms with E-state index in [0.717, 1.165) is 35.2 Å². The summed E-state index contributed by atoms with van der Waals surface area (Å²) < 4.78 is 8.02. The van der Waals surface area contributed by atoms with Gasteiger partial charge < -0.3 is 13.9 Å². The first-order valence-electron chi connectivity index (χ1n) is 14.0. The SMILES string of the molecule is Cc1nnn([C@H](c2ccccc2)C2CCN(C(=O)c3cc(-c4nc5cc(-c6cncn6C)ccc5o4)ccn3)CC2)n1. The van der Waals surface area contributed by atoms with Crippen molar-refractivity contribution < 1.29 is 9.21 Å². The molecule has 11 nitrogen and oxygen atoms in total. The van der Waals surface area contributed by atoms with Crippen molar-refractivity contribution in [1.82, 2.24) is 44.6 Å². The maximum absolute atomic E-state index is 13.5. The van der Waals surface area contributed by atoms with E-state index in [2.05, 4.69) is 37.5 Å². The Morgan fingerprint density at radius 3 is 2.60 bits per heavy atom. The summed E-state index contributed by atoms with van der Waals surface area (Å²) in [5, 5.41) is 12.9. The first-order valence-corrected chi connectivity index (χ1v) is 14.0. The number of tetrazole rings is 1. The molecule has 0 saturated carbocycles. The van der Waals surface area contributed by atoms with Crippen molar-refractivity contribution in [2.24, 2.45) is 13.0 Å². The van der Waals surface area contributed by atoms with Gasteiger partial charge in [0.25, 0.3) is 5.91 Å². The van der Waals surface area contributed by atoms with Crippen LogP contribution in [-0.4, -0.2) is 63.6 Å². The minimum atomic E-state index is -0.101. The lowest BCUT2D eigenvalue weighted by Gasteiger charge is -2.35. The Labute approximate surface area is 241 Å². The van der Waals surface area contributed by atoms with E-state index in [4.69, 9.17) is 9.40 Å². The summed E-state index contributed by atoms with van der Waals surface area (Å²) in [4.78, 5) is 30.5. The number of rotatable bonds is 6. The molecule has 11 heteroatoms. The van der Waals surface area contributed by atoms with Gasteiger partial charge in [-0.2, -0.15) is 4.80 Å². The molecule has 1 saturated heterocycles. The van der Waals surface area contributed by atoms with Gasteiger partial charge in [0.2, 0.25) is 5.89 Å². The highest BCUT2D eigenvalue weighted by Gasteiger charge is 2.32. The third-order valence-electron chi connectivity index (χ3n) is 7.92. The number of piperidine rings is 1. The van der Waals surface area contributed by atoms with Crippen molar-refractivity contribution in [2.45, 2.75) is 25.8 Å². The van der Waals surface area contributed by atoms with Crippen LogP contribution in [-0.2, 0) is 7.05 Å². The number of hydrogen-bond donors (Lipinski definition) is 0. The van der Waals surface area contributed by atoms with Crippen LogP contribution in [0.15, 0.2) is 83.8 Å². The van der Waals surface area contributed by atoms with Crippen LogP contribution in [0.4, 0.5) is 0 Å². The van der Waals surface area contributed by atoms with Crippen LogP contribution in [0, 0.1) is 12.8 Å². The van der Waals surface area contributed by atoms with Gasteiger partial charge in [-0.05, 0) is 66.8 Å². The summed E-state index contributed by atoms with van der Waals surface area (Å²) in [7, 11) is 1.95. The molecule has 6 aromatic rings. The molecule has 0 unspecified atom stereocenters. The Balaban J connectivity index is 1.08. The normalized spacial score (nSPS) is 14.9. The van der Waals surface area contributed by atoms with Crippen LogP contribution >= 0.6 is 0 Å². The lowest BCUT2D eigenvalue weighted by atomic mass is 9.85. The number of carbonyl (C=O) groups excluding carboxylic acids is 1. The summed E-state index contributed by atoms with van der Waals surface area (Å²) in [5.74, 6) is 1.25. The molecule has 1 fully saturated rings. The Bertz CT molecular complexity index is 1870. The molecule has 0 aliphatic carbocycles. The molecule has 0 N–H and O–H groups in total. The highest BCUT2D eigenvalue weighted by Crippen LogP contribution is 2.34. The van der Waals surface area contributed by atoms with Crippen LogP contribution in [0.3, 0.4) is 0 Å². The zero-order valence-corrected chi connectivity index (χ0v) is 23.3. The quantitative estimate of drug-likeness (QED) is 0.287. The van der Waals surface area contributed by atoms with Crippen molar-refractivity contribution in [2.75, 3.05) is 13.1 Å². The van der Waals surface area contributed by atoms with Gasteiger partial charge in [-0.25, -0.2) is 9.97 Å². The molecule has 2 aromatic carbocycles. The molecule has 42 heavy (non-hydrogen) atoms. The monoisotopic (exact) mass is 559 g/mol. The highest BCUT2D eigenvalue weighted by molar-refractivity contribution is 5.93. The fourth-order valence-corrected chi connectivity index (χ4v) is 5.77. The van der Waals surface area contributed by atoms with Crippen molar-refractivity contribution >= 4 is 17.0 Å². The van der Waals surface area contributed by atoms with Crippen molar-refractivity contribution in [3.63, 3.8) is 0 Å². The molecule has 0 radical (unpaired) electrons. The van der Waals surface area contributed by atoms with Gasteiger partial charge in [-0.1, -0.05) is 30.3 Å². The predicted octanol–water partition coefficient (Wildman–Crippen LogP) is 4.73. The average Bonchev–Trinajstić information content (AvgIpc) is 3.77. The summed E-state index contributed by atoms with van der Waals surface area (Å²) in [6.07, 6.45) is 6.85. The lowest BCUT2D eigenvalue weighted by molar-refractivity contribution is 0.0658. The fraction of sp³-hybridized carbons (Fsp3) is 0.258. The number of pyridine rings is 1. The van der Waals surface area contributed by atoms with Crippen molar-refractivity contribution in [3.05, 3.63) is 96.5 Å². The Morgan fingerprint density at radius 2 is 1.86 bits per heavy atom. The second kappa shape index (κ2) is 10.7. The minimum absolute atomic E-state index is 0.0383. The van der Waals surface area contributed by atoms with E-state index < -0.39 is 0 Å². The molecule has 1 aliphatic heterocycles. The van der Waals surface area contributed by atoms with Gasteiger partial charge >= 0.3 is 0 Å². The van der Waals surface area contributed by atoms with E-state index in [0.29, 0.717) is 41.6 Å². The second-order valence-corrected chi connectivity index (χ2v) is 10.7. The molecular formula is C31H29N9O2. The summed E-state index contributed by atoms with van der Waals surface area (Å²) in [5.41, 5.74) is 5.62. The molecule has 1 amide bonds. The van der Waals surface area contributed by atoms with E-state index in [1.165, 1.54) is 0 Å². The zero-order valence-electron chi connectivity index (χ0n) is 23.3. The minimum Gasteiger partial charge on any atom is -0.436 e. The van der Waals surface area contributed by atoms with Gasteiger partial charge in [0, 0.05) is 37.5 Å². The number of benzene rings is 2. The number of imidazole rings is 1. The number of hydrogen-bond acceptors (Lipinski definition) is 8. The zero-order chi connectivity index (χ0) is 28.6. The molecule has 5 heterocycles. The average molecular weight is 560 g/mol. The van der Waals surface area contributed by atoms with Crippen LogP contribution in [0.5, 0.6) is 0 Å². The van der Waals surface area contributed by atoms with Gasteiger partial charge in [0.15, 0.2) is 11.4 Å². The number of amides is 1. The lowest BCUT2D eigenvalue weighted by Crippen LogP contribution is -2.41. The molecule has 0 bridgehead atoms. The third-order valence-corrected chi connectivity index (χ3v) is 7.92. The fourth-order valence-electron chi connectivity index (χ4n) is 5.77. The van der Waals surface area contributed by atoms with Gasteiger partial charge in [-0.15, -0.1) is 10.2 Å². The number of aryl methyl sites for hydroxylation is 2. The van der Waals surface area contributed by atoms with E-state index in [9.17, 15) is 4.79 Å². The number of likely N-dealkylation sites (tertiary alicyclic amines) is 1. The largest absolute Gasteiger partial charge is 0.436 e. The first kappa shape index (κ1) is 25.8. The van der Waals surface area contributed by atoms with Crippen LogP contribution in [0.1, 0.15) is 40.8 Å². The number of carbonyl (C=O) groups is 1. The topological polar surface area (TPSA) is 121 Å². The predicted molar refractivity (Wildman–Crippen MR) is 155 cm³/mol. The molecule has 1 aliphatic rings. The number of fused-ring (bicyclic) bond motifs is 1. The maximum atomic E-state index is 13.5. The summed E-state index contributed by atoms with van der Waals surface area (Å²) in [6.45, 7) is 3.08. The standard InChI is InChI=1S/C31H29N9O2/c1-20-35-37-40(36-20)29(21-6-4-3-5-7-21)22-11-14-39(15-12-22)31(41)26-17-24(10-13-33-26)30-34-25-16-23(8-9-28(25)42-30)27-18-32-19-38(27)2/h3-10,13,16-19,22,29H,11-12,14-15H2,1-2H3/t29-/m1/s1. The van der Waals surface area contributed by atoms with E-state index >= 15 is 0 Å². The molecule has 4 aromatic heterocycles. The van der Waals surface area contributed by atoms with Crippen LogP contribution in [0.2, 0.25) is 0 Å². The molecule has 1 atom stereocenters. The first-order chi connectivity index (χ1) is 20.5. The van der Waals surface area contributed by atoms with E-state index in [-0.39, 0.29) is 17.9 Å². The van der Waals surface area contributed by atoms with E-state index in [1.807, 2.05) is 72.1 Å². The maximum Gasteiger partial charge on any atom is 0.272 e. The van der Waals surface area contributed by atoms with Gasteiger partial charge in [0.1, 0.15) is 17.3 Å². The van der Waals surface area contributed by atoms with Crippen LogP contribution in [0.25, 0.3) is 33.8 Å². The van der Waals surface area contributed by atoms with Gasteiger partial charge in [0.05, 0.1) is 18.2 Å². The number of oxazole rings is 1. The second-order valence-electron chi connectivity index (χ2n) is 10.7. The van der Waals surface area contributed by atoms with Crippen LogP contribution < -0.4 is 0 Å². The third kappa shape index (κ3) is 4.83. The Kier molecular flexibility index (Phi) is 6.54. The molecule has 7 rings (SSSR count). The Hall–Kier alpha value is -5.19. The van der Waals surface area contributed by atoms with Gasteiger partial charge in [-0.3, -0.25) is 9.78 Å². The summed E-state index contributed by atoms with van der Waals surface area (Å²) >= 11 is 0. The molecule has 210 valence electrons. The van der Waals surface area contributed by atoms with Crippen molar-refractivity contribution in [1.29, 1.82) is 0 Å². The van der Waals surface area contributed by atoms with E-state index in [1.54, 1.807) is 23.4 Å². The Morgan fingerprint density at radius 1 is 1.02 bits per heavy atom. The number of aromatic nitrogens is 8. The highest BCUT2D eigenvalue weighted by atomic mass is 16.3. The summed E-state index contributed by atoms with van der Waals surface area (Å²) in [6, 6.07) is 19.7. The number of nitrogens with zero attached hydrogens (tertiary/aromatic N) is 9.